The van der Waals surface area contributed by atoms with Crippen LogP contribution in [0.3, 0.4) is 0 Å². The fraction of sp³-hybridized carbons (Fsp3) is 0.304. The minimum atomic E-state index is -0.666. The molecule has 29 heavy (non-hydrogen) atoms. The molecule has 6 heteroatoms. The van der Waals surface area contributed by atoms with Crippen LogP contribution in [0.4, 0.5) is 4.79 Å². The summed E-state index contributed by atoms with van der Waals surface area (Å²) in [7, 11) is 0. The van der Waals surface area contributed by atoms with Crippen LogP contribution in [-0.4, -0.2) is 41.1 Å². The van der Waals surface area contributed by atoms with Crippen LogP contribution in [0.2, 0.25) is 0 Å². The van der Waals surface area contributed by atoms with Crippen LogP contribution in [0.15, 0.2) is 60.8 Å². The largest absolute Gasteiger partial charge is 0.450 e. The lowest BCUT2D eigenvalue weighted by Gasteiger charge is -2.26. The number of benzene rings is 2. The lowest BCUT2D eigenvalue weighted by atomic mass is 10.1. The van der Waals surface area contributed by atoms with Crippen LogP contribution < -0.4 is 5.32 Å². The highest BCUT2D eigenvalue weighted by Gasteiger charge is 2.23. The first-order chi connectivity index (χ1) is 14.1. The molecule has 3 aromatic rings. The smallest absolute Gasteiger partial charge is 0.407 e. The molecule has 0 saturated carbocycles. The highest BCUT2D eigenvalue weighted by atomic mass is 16.5. The van der Waals surface area contributed by atoms with Gasteiger partial charge in [-0.25, -0.2) is 4.79 Å². The van der Waals surface area contributed by atoms with E-state index in [1.165, 1.54) is 0 Å². The number of rotatable bonds is 8. The van der Waals surface area contributed by atoms with Gasteiger partial charge in [0.2, 0.25) is 5.91 Å². The van der Waals surface area contributed by atoms with Crippen LogP contribution in [0.1, 0.15) is 25.0 Å². The van der Waals surface area contributed by atoms with Crippen molar-refractivity contribution in [3.8, 4) is 0 Å². The van der Waals surface area contributed by atoms with Crippen LogP contribution in [0, 0.1) is 0 Å². The van der Waals surface area contributed by atoms with Crippen LogP contribution >= 0.6 is 0 Å². The SMILES string of the molecule is CCOC(=O)NC(C)C(=O)N(CCc1c[nH]c2ccccc12)Cc1ccccc1. The first-order valence-electron chi connectivity index (χ1n) is 9.89. The van der Waals surface area contributed by atoms with E-state index in [4.69, 9.17) is 4.74 Å². The second kappa shape index (κ2) is 9.78. The lowest BCUT2D eigenvalue weighted by molar-refractivity contribution is -0.133. The van der Waals surface area contributed by atoms with Crippen molar-refractivity contribution in [2.45, 2.75) is 32.9 Å². The third kappa shape index (κ3) is 5.38. The van der Waals surface area contributed by atoms with Gasteiger partial charge in [-0.1, -0.05) is 48.5 Å². The first-order valence-corrected chi connectivity index (χ1v) is 9.89. The van der Waals surface area contributed by atoms with E-state index in [-0.39, 0.29) is 12.5 Å². The summed E-state index contributed by atoms with van der Waals surface area (Å²) in [5.74, 6) is -0.137. The summed E-state index contributed by atoms with van der Waals surface area (Å²) in [6.07, 6.45) is 2.13. The average Bonchev–Trinajstić information content (AvgIpc) is 3.14. The minimum absolute atomic E-state index is 0.137. The maximum Gasteiger partial charge on any atom is 0.407 e. The van der Waals surface area contributed by atoms with Gasteiger partial charge in [0, 0.05) is 30.2 Å². The fourth-order valence-corrected chi connectivity index (χ4v) is 3.35. The van der Waals surface area contributed by atoms with Gasteiger partial charge in [-0.15, -0.1) is 0 Å². The van der Waals surface area contributed by atoms with Gasteiger partial charge in [-0.2, -0.15) is 0 Å². The zero-order chi connectivity index (χ0) is 20.6. The Balaban J connectivity index is 1.73. The highest BCUT2D eigenvalue weighted by Crippen LogP contribution is 2.19. The maximum absolute atomic E-state index is 13.1. The Morgan fingerprint density at radius 1 is 1.10 bits per heavy atom. The lowest BCUT2D eigenvalue weighted by Crippen LogP contribution is -2.47. The zero-order valence-electron chi connectivity index (χ0n) is 16.9. The summed E-state index contributed by atoms with van der Waals surface area (Å²) in [5.41, 5.74) is 3.29. The zero-order valence-corrected chi connectivity index (χ0v) is 16.9. The van der Waals surface area contributed by atoms with Crippen molar-refractivity contribution in [1.29, 1.82) is 0 Å². The van der Waals surface area contributed by atoms with Crippen molar-refractivity contribution in [1.82, 2.24) is 15.2 Å². The average molecular weight is 393 g/mol. The quantitative estimate of drug-likeness (QED) is 0.610. The summed E-state index contributed by atoms with van der Waals surface area (Å²) >= 11 is 0. The molecule has 6 nitrogen and oxygen atoms in total. The number of carbonyl (C=O) groups excluding carboxylic acids is 2. The third-order valence-corrected chi connectivity index (χ3v) is 4.83. The van der Waals surface area contributed by atoms with Gasteiger partial charge in [-0.05, 0) is 37.5 Å². The van der Waals surface area contributed by atoms with Crippen LogP contribution in [-0.2, 0) is 22.5 Å². The molecule has 3 rings (SSSR count). The van der Waals surface area contributed by atoms with E-state index in [9.17, 15) is 9.59 Å². The number of nitrogens with one attached hydrogen (secondary N) is 2. The number of aromatic nitrogens is 1. The fourth-order valence-electron chi connectivity index (χ4n) is 3.35. The topological polar surface area (TPSA) is 74.4 Å². The summed E-state index contributed by atoms with van der Waals surface area (Å²) < 4.78 is 4.90. The Bertz CT molecular complexity index is 952. The molecule has 152 valence electrons. The molecule has 1 unspecified atom stereocenters. The molecule has 0 aliphatic heterocycles. The Hall–Kier alpha value is -3.28. The number of nitrogens with zero attached hydrogens (tertiary/aromatic N) is 1. The number of ether oxygens (including phenoxy) is 1. The van der Waals surface area contributed by atoms with Crippen LogP contribution in [0.25, 0.3) is 10.9 Å². The number of hydrogen-bond donors (Lipinski definition) is 2. The minimum Gasteiger partial charge on any atom is -0.450 e. The summed E-state index contributed by atoms with van der Waals surface area (Å²) in [6, 6.07) is 17.3. The van der Waals surface area contributed by atoms with Crippen molar-refractivity contribution in [2.75, 3.05) is 13.2 Å². The van der Waals surface area contributed by atoms with Crippen molar-refractivity contribution >= 4 is 22.9 Å². The normalized spacial score (nSPS) is 11.8. The molecule has 2 aromatic carbocycles. The molecule has 0 saturated heterocycles. The Kier molecular flexibility index (Phi) is 6.89. The summed E-state index contributed by atoms with van der Waals surface area (Å²) in [4.78, 5) is 29.8. The number of fused-ring (bicyclic) bond motifs is 1. The molecule has 0 aliphatic carbocycles. The van der Waals surface area contributed by atoms with E-state index in [2.05, 4.69) is 16.4 Å². The number of aromatic amines is 1. The molecular weight excluding hydrogens is 366 g/mol. The van der Waals surface area contributed by atoms with Gasteiger partial charge < -0.3 is 19.9 Å². The molecule has 0 fully saturated rings. The second-order valence-corrected chi connectivity index (χ2v) is 6.94. The van der Waals surface area contributed by atoms with Crippen molar-refractivity contribution in [3.05, 3.63) is 71.9 Å². The maximum atomic E-state index is 13.1. The summed E-state index contributed by atoms with van der Waals surface area (Å²) in [5, 5.41) is 3.78. The van der Waals surface area contributed by atoms with Crippen LogP contribution in [0.5, 0.6) is 0 Å². The number of carbonyl (C=O) groups is 2. The van der Waals surface area contributed by atoms with E-state index >= 15 is 0 Å². The summed E-state index contributed by atoms with van der Waals surface area (Å²) in [6.45, 7) is 4.71. The predicted molar refractivity (Wildman–Crippen MR) is 113 cm³/mol. The van der Waals surface area contributed by atoms with Crippen molar-refractivity contribution in [2.24, 2.45) is 0 Å². The van der Waals surface area contributed by atoms with Gasteiger partial charge in [0.25, 0.3) is 0 Å². The number of hydrogen-bond acceptors (Lipinski definition) is 3. The third-order valence-electron chi connectivity index (χ3n) is 4.83. The molecule has 0 spiro atoms. The molecule has 2 amide bonds. The van der Waals surface area contributed by atoms with E-state index in [0.29, 0.717) is 19.5 Å². The number of amides is 2. The number of para-hydroxylation sites is 1. The van der Waals surface area contributed by atoms with Crippen molar-refractivity contribution in [3.63, 3.8) is 0 Å². The van der Waals surface area contributed by atoms with Gasteiger partial charge >= 0.3 is 6.09 Å². The molecule has 1 heterocycles. The van der Waals surface area contributed by atoms with Crippen molar-refractivity contribution < 1.29 is 14.3 Å². The predicted octanol–water partition coefficient (Wildman–Crippen LogP) is 3.87. The Labute approximate surface area is 170 Å². The van der Waals surface area contributed by atoms with E-state index in [0.717, 1.165) is 22.0 Å². The monoisotopic (exact) mass is 393 g/mol. The Morgan fingerprint density at radius 2 is 1.83 bits per heavy atom. The number of alkyl carbamates (subject to hydrolysis) is 1. The van der Waals surface area contributed by atoms with E-state index < -0.39 is 12.1 Å². The molecule has 1 atom stereocenters. The van der Waals surface area contributed by atoms with E-state index in [1.807, 2.05) is 54.7 Å². The van der Waals surface area contributed by atoms with Gasteiger partial charge in [0.1, 0.15) is 6.04 Å². The molecule has 2 N–H and O–H groups in total. The molecule has 0 radical (unpaired) electrons. The van der Waals surface area contributed by atoms with Gasteiger partial charge in [0.15, 0.2) is 0 Å². The highest BCUT2D eigenvalue weighted by molar-refractivity contribution is 5.86. The van der Waals surface area contributed by atoms with Gasteiger partial charge in [-0.3, -0.25) is 4.79 Å². The molecule has 0 bridgehead atoms. The van der Waals surface area contributed by atoms with E-state index in [1.54, 1.807) is 18.7 Å². The molecular formula is C23H27N3O3. The standard InChI is InChI=1S/C23H27N3O3/c1-3-29-23(28)25-17(2)22(27)26(16-18-9-5-4-6-10-18)14-13-19-15-24-21-12-8-7-11-20(19)21/h4-12,15,17,24H,3,13-14,16H2,1-2H3,(H,25,28). The number of H-pyrrole nitrogens is 1. The molecule has 1 aromatic heterocycles. The second-order valence-electron chi connectivity index (χ2n) is 6.94. The Morgan fingerprint density at radius 3 is 2.59 bits per heavy atom. The van der Waals surface area contributed by atoms with Gasteiger partial charge in [0.05, 0.1) is 6.61 Å². The first kappa shape index (κ1) is 20.5. The molecule has 0 aliphatic rings.